The van der Waals surface area contributed by atoms with Crippen LogP contribution in [0.4, 0.5) is 0 Å². The zero-order valence-electron chi connectivity index (χ0n) is 11.5. The average Bonchev–Trinajstić information content (AvgIpc) is 2.96. The summed E-state index contributed by atoms with van der Waals surface area (Å²) >= 11 is -4.66. The summed E-state index contributed by atoms with van der Waals surface area (Å²) in [5.41, 5.74) is 0. The zero-order chi connectivity index (χ0) is 15.6. The molecule has 2 fully saturated rings. The Kier molecular flexibility index (Phi) is 4.86. The van der Waals surface area contributed by atoms with Crippen molar-refractivity contribution in [2.75, 3.05) is 14.2 Å². The monoisotopic (exact) mass is 338 g/mol. The fourth-order valence-corrected chi connectivity index (χ4v) is 3.90. The summed E-state index contributed by atoms with van der Waals surface area (Å²) in [6.45, 7) is 0. The Morgan fingerprint density at radius 3 is 1.24 bits per heavy atom. The van der Waals surface area contributed by atoms with Crippen LogP contribution >= 0.6 is 0 Å². The number of hydroxylamine groups is 4. The van der Waals surface area contributed by atoms with Crippen LogP contribution in [0.25, 0.3) is 0 Å². The maximum absolute atomic E-state index is 11.6. The third kappa shape index (κ3) is 3.20. The van der Waals surface area contributed by atoms with E-state index in [0.717, 1.165) is 0 Å². The number of imide groups is 2. The molecule has 0 saturated carbocycles. The second-order valence-corrected chi connectivity index (χ2v) is 7.66. The molecule has 0 aromatic heterocycles. The second kappa shape index (κ2) is 6.30. The zero-order valence-corrected chi connectivity index (χ0v) is 13.1. The van der Waals surface area contributed by atoms with Crippen LogP contribution in [0.15, 0.2) is 0 Å². The van der Waals surface area contributed by atoms with E-state index in [1.54, 1.807) is 0 Å². The first-order chi connectivity index (χ1) is 9.92. The first kappa shape index (κ1) is 16.2. The number of hydrogen-bond acceptors (Lipinski definition) is 8. The van der Waals surface area contributed by atoms with Crippen LogP contribution in [0.5, 0.6) is 0 Å². The van der Waals surface area contributed by atoms with Crippen LogP contribution < -0.4 is 0 Å². The third-order valence-electron chi connectivity index (χ3n) is 2.92. The molecular formula is C10H14N2O8Ti. The molecule has 0 aromatic rings. The molecule has 0 N–H and O–H groups in total. The summed E-state index contributed by atoms with van der Waals surface area (Å²) in [5.74, 6) is -2.25. The van der Waals surface area contributed by atoms with Gasteiger partial charge in [-0.3, -0.25) is 0 Å². The summed E-state index contributed by atoms with van der Waals surface area (Å²) in [5, 5.41) is 1.02. The van der Waals surface area contributed by atoms with Gasteiger partial charge in [0.1, 0.15) is 0 Å². The van der Waals surface area contributed by atoms with Gasteiger partial charge < -0.3 is 0 Å². The van der Waals surface area contributed by atoms with Gasteiger partial charge >= 0.3 is 124 Å². The average molecular weight is 338 g/mol. The van der Waals surface area contributed by atoms with Crippen LogP contribution in [0.2, 0.25) is 0 Å². The van der Waals surface area contributed by atoms with Crippen molar-refractivity contribution in [3.8, 4) is 0 Å². The van der Waals surface area contributed by atoms with Crippen molar-refractivity contribution in [2.45, 2.75) is 25.7 Å². The molecule has 4 amide bonds. The van der Waals surface area contributed by atoms with Crippen LogP contribution in [0.1, 0.15) is 25.7 Å². The van der Waals surface area contributed by atoms with E-state index in [-0.39, 0.29) is 25.7 Å². The minimum atomic E-state index is -4.66. The SMILES string of the molecule is C[O][Ti]([O]C)([O]N1C(=O)CCC1=O)[O]N1C(=O)CCC1=O. The number of hydrogen-bond donors (Lipinski definition) is 0. The van der Waals surface area contributed by atoms with E-state index in [1.165, 1.54) is 14.2 Å². The first-order valence-corrected chi connectivity index (χ1v) is 8.67. The molecule has 0 aromatic carbocycles. The predicted molar refractivity (Wildman–Crippen MR) is 58.4 cm³/mol. The van der Waals surface area contributed by atoms with Gasteiger partial charge in [-0.2, -0.15) is 0 Å². The fraction of sp³-hybridized carbons (Fsp3) is 0.600. The van der Waals surface area contributed by atoms with Gasteiger partial charge in [0, 0.05) is 0 Å². The summed E-state index contributed by atoms with van der Waals surface area (Å²) in [7, 11) is 2.36. The summed E-state index contributed by atoms with van der Waals surface area (Å²) in [6.07, 6.45) is 0.0244. The molecular weight excluding hydrogens is 324 g/mol. The molecule has 21 heavy (non-hydrogen) atoms. The molecule has 2 rings (SSSR count). The van der Waals surface area contributed by atoms with E-state index in [0.29, 0.717) is 10.1 Å². The van der Waals surface area contributed by atoms with E-state index in [2.05, 4.69) is 0 Å². The number of carbonyl (C=O) groups excluding carboxylic acids is 4. The molecule has 0 spiro atoms. The van der Waals surface area contributed by atoms with Gasteiger partial charge in [0.2, 0.25) is 0 Å². The number of nitrogens with zero attached hydrogens (tertiary/aromatic N) is 2. The third-order valence-corrected chi connectivity index (χ3v) is 5.75. The van der Waals surface area contributed by atoms with Crippen molar-refractivity contribution in [3.05, 3.63) is 0 Å². The van der Waals surface area contributed by atoms with Gasteiger partial charge in [-0.15, -0.1) is 0 Å². The maximum atomic E-state index is 11.6. The molecule has 0 unspecified atom stereocenters. The van der Waals surface area contributed by atoms with Crippen molar-refractivity contribution in [1.82, 2.24) is 10.1 Å². The van der Waals surface area contributed by atoms with Gasteiger partial charge in [0.15, 0.2) is 0 Å². The summed E-state index contributed by atoms with van der Waals surface area (Å²) in [6, 6.07) is 0. The molecule has 2 aliphatic rings. The summed E-state index contributed by atoms with van der Waals surface area (Å²) < 4.78 is 20.4. The van der Waals surface area contributed by atoms with E-state index in [4.69, 9.17) is 13.5 Å². The molecule has 0 atom stereocenters. The Balaban J connectivity index is 2.16. The van der Waals surface area contributed by atoms with Gasteiger partial charge in [-0.05, 0) is 0 Å². The Morgan fingerprint density at radius 1 is 0.714 bits per heavy atom. The molecule has 0 radical (unpaired) electrons. The van der Waals surface area contributed by atoms with Crippen LogP contribution in [0, 0.1) is 0 Å². The normalized spacial score (nSPS) is 20.1. The van der Waals surface area contributed by atoms with Crippen LogP contribution in [-0.4, -0.2) is 48.0 Å². The van der Waals surface area contributed by atoms with E-state index in [9.17, 15) is 19.2 Å². The summed E-state index contributed by atoms with van der Waals surface area (Å²) in [4.78, 5) is 46.2. The molecule has 2 saturated heterocycles. The Labute approximate surface area is 125 Å². The topological polar surface area (TPSA) is 112 Å². The van der Waals surface area contributed by atoms with Gasteiger partial charge in [0.25, 0.3) is 0 Å². The molecule has 0 aliphatic carbocycles. The molecule has 2 heterocycles. The van der Waals surface area contributed by atoms with Crippen molar-refractivity contribution < 1.29 is 50.8 Å². The van der Waals surface area contributed by atoms with Gasteiger partial charge in [0.05, 0.1) is 0 Å². The quantitative estimate of drug-likeness (QED) is 0.460. The van der Waals surface area contributed by atoms with Crippen molar-refractivity contribution >= 4 is 23.6 Å². The van der Waals surface area contributed by atoms with Crippen LogP contribution in [0.3, 0.4) is 0 Å². The molecule has 0 bridgehead atoms. The number of amides is 4. The van der Waals surface area contributed by atoms with Gasteiger partial charge in [-0.1, -0.05) is 0 Å². The van der Waals surface area contributed by atoms with Crippen molar-refractivity contribution in [2.24, 2.45) is 0 Å². The number of rotatable bonds is 6. The van der Waals surface area contributed by atoms with E-state index < -0.39 is 41.8 Å². The van der Waals surface area contributed by atoms with E-state index in [1.807, 2.05) is 0 Å². The molecule has 2 aliphatic heterocycles. The van der Waals surface area contributed by atoms with Gasteiger partial charge in [-0.25, -0.2) is 0 Å². The number of carbonyl (C=O) groups is 4. The fourth-order valence-electron chi connectivity index (χ4n) is 1.79. The van der Waals surface area contributed by atoms with Crippen molar-refractivity contribution in [3.63, 3.8) is 0 Å². The predicted octanol–water partition coefficient (Wildman–Crippen LogP) is -0.746. The Bertz CT molecular complexity index is 419. The van der Waals surface area contributed by atoms with Crippen molar-refractivity contribution in [1.29, 1.82) is 0 Å². The molecule has 10 nitrogen and oxygen atoms in total. The molecule has 11 heteroatoms. The van der Waals surface area contributed by atoms with E-state index >= 15 is 0 Å². The van der Waals surface area contributed by atoms with Crippen LogP contribution in [-0.2, 0) is 50.8 Å². The first-order valence-electron chi connectivity index (χ1n) is 6.12. The standard InChI is InChI=1S/2C4H4NO3.2CH3O.Ti/c2*6-3-1-2-4(7)5(3)8;2*1-2;/h2*1-2H2;2*1H3;/q4*-1;+4. The minimum absolute atomic E-state index is 0.00611. The Hall–Kier alpha value is -1.17. The molecule has 116 valence electrons. The second-order valence-electron chi connectivity index (χ2n) is 4.25. The Morgan fingerprint density at radius 2 is 1.00 bits per heavy atom.